The van der Waals surface area contributed by atoms with E-state index < -0.39 is 10.0 Å². The van der Waals surface area contributed by atoms with Gasteiger partial charge < -0.3 is 5.32 Å². The summed E-state index contributed by atoms with van der Waals surface area (Å²) in [5, 5.41) is 4.24. The Balaban J connectivity index is 1.37. The number of hydrogen-bond donors (Lipinski definition) is 2. The lowest BCUT2D eigenvalue weighted by Crippen LogP contribution is -2.54. The van der Waals surface area contributed by atoms with Gasteiger partial charge in [0.1, 0.15) is 0 Å². The molecule has 0 unspecified atom stereocenters. The molecule has 6 nitrogen and oxygen atoms in total. The zero-order valence-electron chi connectivity index (χ0n) is 22.6. The molecule has 5 rings (SSSR count). The topological polar surface area (TPSA) is 78.5 Å². The highest BCUT2D eigenvalue weighted by Gasteiger charge is 2.35. The number of benzene rings is 4. The summed E-state index contributed by atoms with van der Waals surface area (Å²) in [6, 6.07) is 28.2. The van der Waals surface area contributed by atoms with Crippen molar-refractivity contribution in [3.8, 4) is 0 Å². The highest BCUT2D eigenvalue weighted by atomic mass is 32.2. The molecule has 4 aromatic rings. The fourth-order valence-corrected chi connectivity index (χ4v) is 7.42. The maximum atomic E-state index is 13.8. The van der Waals surface area contributed by atoms with E-state index in [2.05, 4.69) is 40.9 Å². The smallest absolute Gasteiger partial charge is 0.255 e. The van der Waals surface area contributed by atoms with Crippen molar-refractivity contribution in [2.75, 3.05) is 18.4 Å². The molecule has 1 saturated heterocycles. The first kappa shape index (κ1) is 27.1. The molecule has 7 heteroatoms. The zero-order chi connectivity index (χ0) is 27.6. The number of carbonyl (C=O) groups is 1. The van der Waals surface area contributed by atoms with Crippen molar-refractivity contribution in [1.82, 2.24) is 9.62 Å². The third-order valence-corrected chi connectivity index (χ3v) is 9.19. The number of rotatable bonds is 7. The van der Waals surface area contributed by atoms with Gasteiger partial charge in [-0.25, -0.2) is 13.1 Å². The number of nitrogens with one attached hydrogen (secondary N) is 2. The molecule has 0 bridgehead atoms. The second-order valence-corrected chi connectivity index (χ2v) is 12.4. The summed E-state index contributed by atoms with van der Waals surface area (Å²) in [6.07, 6.45) is 0. The number of carbonyl (C=O) groups excluding carboxylic acids is 1. The predicted molar refractivity (Wildman–Crippen MR) is 157 cm³/mol. The number of anilines is 1. The summed E-state index contributed by atoms with van der Waals surface area (Å²) < 4.78 is 30.6. The molecular formula is C32H35N3O3S. The third kappa shape index (κ3) is 5.91. The molecule has 0 aliphatic carbocycles. The van der Waals surface area contributed by atoms with E-state index in [1.807, 2.05) is 61.5 Å². The monoisotopic (exact) mass is 541 g/mol. The summed E-state index contributed by atoms with van der Waals surface area (Å²) in [5.41, 5.74) is 3.30. The second-order valence-electron chi connectivity index (χ2n) is 10.7. The van der Waals surface area contributed by atoms with Gasteiger partial charge in [0.05, 0.1) is 4.90 Å². The van der Waals surface area contributed by atoms with Gasteiger partial charge in [0.15, 0.2) is 0 Å². The van der Waals surface area contributed by atoms with Crippen LogP contribution in [0.1, 0.15) is 35.3 Å². The van der Waals surface area contributed by atoms with Gasteiger partial charge in [0, 0.05) is 47.7 Å². The molecule has 1 amide bonds. The minimum Gasteiger partial charge on any atom is -0.321 e. The Kier molecular flexibility index (Phi) is 7.84. The quantitative estimate of drug-likeness (QED) is 0.308. The summed E-state index contributed by atoms with van der Waals surface area (Å²) >= 11 is 0. The number of nitrogens with zero attached hydrogens (tertiary/aromatic N) is 1. The molecule has 39 heavy (non-hydrogen) atoms. The Morgan fingerprint density at radius 3 is 2.13 bits per heavy atom. The highest BCUT2D eigenvalue weighted by Crippen LogP contribution is 2.32. The van der Waals surface area contributed by atoms with Gasteiger partial charge in [0.25, 0.3) is 5.91 Å². The first-order valence-corrected chi connectivity index (χ1v) is 14.9. The van der Waals surface area contributed by atoms with E-state index in [9.17, 15) is 13.2 Å². The van der Waals surface area contributed by atoms with Gasteiger partial charge in [-0.15, -0.1) is 0 Å². The molecule has 1 fully saturated rings. The summed E-state index contributed by atoms with van der Waals surface area (Å²) in [7, 11) is -3.81. The summed E-state index contributed by atoms with van der Waals surface area (Å²) in [4.78, 5) is 15.6. The lowest BCUT2D eigenvalue weighted by Gasteiger charge is -2.41. The van der Waals surface area contributed by atoms with E-state index in [0.717, 1.165) is 25.2 Å². The first-order valence-electron chi connectivity index (χ1n) is 13.4. The van der Waals surface area contributed by atoms with Crippen LogP contribution in [-0.4, -0.2) is 38.4 Å². The molecule has 1 heterocycles. The minimum atomic E-state index is -3.81. The molecule has 0 spiro atoms. The number of amides is 1. The van der Waals surface area contributed by atoms with Crippen molar-refractivity contribution in [2.45, 2.75) is 38.3 Å². The van der Waals surface area contributed by atoms with E-state index in [0.29, 0.717) is 22.0 Å². The summed E-state index contributed by atoms with van der Waals surface area (Å²) in [5.74, 6) is 0.0641. The normalized spacial score (nSPS) is 20.1. The van der Waals surface area contributed by atoms with Gasteiger partial charge >= 0.3 is 0 Å². The number of sulfonamides is 1. The maximum Gasteiger partial charge on any atom is 0.255 e. The Hall–Kier alpha value is -3.52. The Morgan fingerprint density at radius 1 is 0.821 bits per heavy atom. The molecule has 1 aliphatic rings. The van der Waals surface area contributed by atoms with Crippen molar-refractivity contribution >= 4 is 32.4 Å². The van der Waals surface area contributed by atoms with Crippen molar-refractivity contribution in [1.29, 1.82) is 0 Å². The van der Waals surface area contributed by atoms with Crippen LogP contribution in [0.5, 0.6) is 0 Å². The highest BCUT2D eigenvalue weighted by molar-refractivity contribution is 7.89. The van der Waals surface area contributed by atoms with E-state index in [4.69, 9.17) is 0 Å². The van der Waals surface area contributed by atoms with Gasteiger partial charge in [-0.1, -0.05) is 86.6 Å². The van der Waals surface area contributed by atoms with Crippen LogP contribution >= 0.6 is 0 Å². The largest absolute Gasteiger partial charge is 0.321 e. The van der Waals surface area contributed by atoms with Crippen LogP contribution < -0.4 is 10.0 Å². The van der Waals surface area contributed by atoms with E-state index in [1.165, 1.54) is 5.56 Å². The van der Waals surface area contributed by atoms with E-state index >= 15 is 0 Å². The molecule has 3 atom stereocenters. The van der Waals surface area contributed by atoms with Gasteiger partial charge in [0.2, 0.25) is 10.0 Å². The number of likely N-dealkylation sites (tertiary alicyclic amines) is 1. The van der Waals surface area contributed by atoms with Crippen LogP contribution in [0, 0.1) is 18.8 Å². The Bertz CT molecular complexity index is 1580. The SMILES string of the molecule is Cc1ccccc1C(=O)Nc1ccc(S(=O)(=O)N[C@@H]2[C@H](C)CN(Cc3ccccc3)C[C@@H]2C)c2ccccc12. The van der Waals surface area contributed by atoms with Crippen molar-refractivity contribution < 1.29 is 13.2 Å². The summed E-state index contributed by atoms with van der Waals surface area (Å²) in [6.45, 7) is 8.61. The fraction of sp³-hybridized carbons (Fsp3) is 0.281. The fourth-order valence-electron chi connectivity index (χ4n) is 5.75. The van der Waals surface area contributed by atoms with Crippen molar-refractivity contribution in [3.63, 3.8) is 0 Å². The lowest BCUT2D eigenvalue weighted by molar-refractivity contribution is 0.102. The lowest BCUT2D eigenvalue weighted by atomic mass is 9.86. The number of hydrogen-bond acceptors (Lipinski definition) is 4. The van der Waals surface area contributed by atoms with Crippen LogP contribution in [0.25, 0.3) is 10.8 Å². The molecule has 1 aliphatic heterocycles. The number of aryl methyl sites for hydroxylation is 1. The second kappa shape index (κ2) is 11.3. The average molecular weight is 542 g/mol. The molecule has 2 N–H and O–H groups in total. The van der Waals surface area contributed by atoms with E-state index in [-0.39, 0.29) is 28.7 Å². The minimum absolute atomic E-state index is 0.145. The number of piperidine rings is 1. The molecule has 0 aromatic heterocycles. The zero-order valence-corrected chi connectivity index (χ0v) is 23.4. The average Bonchev–Trinajstić information content (AvgIpc) is 2.91. The molecule has 4 aromatic carbocycles. The molecular weight excluding hydrogens is 506 g/mol. The van der Waals surface area contributed by atoms with Crippen LogP contribution in [0.2, 0.25) is 0 Å². The first-order chi connectivity index (χ1) is 18.7. The van der Waals surface area contributed by atoms with Gasteiger partial charge in [-0.3, -0.25) is 9.69 Å². The van der Waals surface area contributed by atoms with Crippen LogP contribution in [-0.2, 0) is 16.6 Å². The maximum absolute atomic E-state index is 13.8. The van der Waals surface area contributed by atoms with Crippen LogP contribution in [0.4, 0.5) is 5.69 Å². The Labute approximate surface area is 231 Å². The van der Waals surface area contributed by atoms with Crippen molar-refractivity contribution in [2.24, 2.45) is 11.8 Å². The number of fused-ring (bicyclic) bond motifs is 1. The van der Waals surface area contributed by atoms with Crippen LogP contribution in [0.15, 0.2) is 95.9 Å². The predicted octanol–water partition coefficient (Wildman–Crippen LogP) is 5.84. The van der Waals surface area contributed by atoms with Gasteiger partial charge in [-0.2, -0.15) is 0 Å². The van der Waals surface area contributed by atoms with Gasteiger partial charge in [-0.05, 0) is 48.1 Å². The Morgan fingerprint density at radius 2 is 1.44 bits per heavy atom. The molecule has 202 valence electrons. The standard InChI is InChI=1S/C32H35N3O3S/c1-22-11-7-8-14-26(22)32(36)33-29-17-18-30(28-16-10-9-15-27(28)29)39(37,38)34-31-23(2)19-35(20-24(31)3)21-25-12-5-4-6-13-25/h4-18,23-24,31,34H,19-21H2,1-3H3,(H,33,36)/t23-,24+,31-. The third-order valence-electron chi connectivity index (χ3n) is 7.67. The molecule has 0 saturated carbocycles. The van der Waals surface area contributed by atoms with Crippen LogP contribution in [0.3, 0.4) is 0 Å². The van der Waals surface area contributed by atoms with Crippen molar-refractivity contribution in [3.05, 3.63) is 108 Å². The molecule has 0 radical (unpaired) electrons. The van der Waals surface area contributed by atoms with E-state index in [1.54, 1.807) is 24.3 Å².